The number of methoxy groups -OCH3 is 2. The van der Waals surface area contributed by atoms with Crippen LogP contribution in [0.2, 0.25) is 0 Å². The highest BCUT2D eigenvalue weighted by Gasteiger charge is 2.49. The summed E-state index contributed by atoms with van der Waals surface area (Å²) in [7, 11) is 3.21. The summed E-state index contributed by atoms with van der Waals surface area (Å²) in [6.07, 6.45) is 5.92. The highest BCUT2D eigenvalue weighted by Crippen LogP contribution is 2.40. The zero-order valence-corrected chi connectivity index (χ0v) is 20.8. The van der Waals surface area contributed by atoms with Crippen molar-refractivity contribution in [3.8, 4) is 11.5 Å². The van der Waals surface area contributed by atoms with E-state index in [1.807, 2.05) is 35.8 Å². The number of ether oxygens (including phenoxy) is 2. The monoisotopic (exact) mass is 479 g/mol. The largest absolute Gasteiger partial charge is 0.496 e. The summed E-state index contributed by atoms with van der Waals surface area (Å²) >= 11 is 0. The lowest BCUT2D eigenvalue weighted by Crippen LogP contribution is -2.65. The molecule has 0 spiro atoms. The molecule has 2 amide bonds. The molecule has 1 aliphatic heterocycles. The molecular formula is C27H33N3O5. The zero-order chi connectivity index (χ0) is 24.7. The summed E-state index contributed by atoms with van der Waals surface area (Å²) < 4.78 is 18.7. The molecular weight excluding hydrogens is 446 g/mol. The van der Waals surface area contributed by atoms with Crippen LogP contribution in [0.25, 0.3) is 10.9 Å². The third-order valence-corrected chi connectivity index (χ3v) is 7.76. The lowest BCUT2D eigenvalue weighted by atomic mass is 9.85. The smallest absolute Gasteiger partial charge is 0.271 e. The fourth-order valence-corrected chi connectivity index (χ4v) is 5.62. The van der Waals surface area contributed by atoms with Crippen molar-refractivity contribution in [2.24, 2.45) is 5.92 Å². The Labute approximate surface area is 205 Å². The van der Waals surface area contributed by atoms with Crippen LogP contribution in [0.1, 0.15) is 55.8 Å². The lowest BCUT2D eigenvalue weighted by molar-refractivity contribution is -0.134. The van der Waals surface area contributed by atoms with Crippen LogP contribution in [0.4, 0.5) is 0 Å². The van der Waals surface area contributed by atoms with E-state index in [0.29, 0.717) is 28.9 Å². The molecule has 1 N–H and O–H groups in total. The Morgan fingerprint density at radius 1 is 1.17 bits per heavy atom. The van der Waals surface area contributed by atoms with E-state index >= 15 is 0 Å². The summed E-state index contributed by atoms with van der Waals surface area (Å²) in [5.41, 5.74) is 0.109. The predicted octanol–water partition coefficient (Wildman–Crippen LogP) is 4.36. The maximum absolute atomic E-state index is 14.0. The van der Waals surface area contributed by atoms with E-state index in [4.69, 9.17) is 13.9 Å². The molecule has 3 atom stereocenters. The van der Waals surface area contributed by atoms with Gasteiger partial charge < -0.3 is 28.7 Å². The molecule has 0 bridgehead atoms. The van der Waals surface area contributed by atoms with Gasteiger partial charge in [-0.05, 0) is 56.0 Å². The van der Waals surface area contributed by atoms with E-state index in [0.717, 1.165) is 30.2 Å². The van der Waals surface area contributed by atoms with Gasteiger partial charge in [-0.15, -0.1) is 0 Å². The van der Waals surface area contributed by atoms with Crippen LogP contribution in [-0.4, -0.2) is 47.1 Å². The van der Waals surface area contributed by atoms with E-state index in [2.05, 4.69) is 12.2 Å². The van der Waals surface area contributed by atoms with E-state index < -0.39 is 5.54 Å². The van der Waals surface area contributed by atoms with Gasteiger partial charge in [0.1, 0.15) is 28.5 Å². The van der Waals surface area contributed by atoms with Crippen LogP contribution in [0.5, 0.6) is 11.5 Å². The minimum absolute atomic E-state index is 0.103. The van der Waals surface area contributed by atoms with Crippen molar-refractivity contribution in [2.75, 3.05) is 14.2 Å². The highest BCUT2D eigenvalue weighted by atomic mass is 16.5. The number of carbonyl (C=O) groups is 2. The molecule has 3 heterocycles. The number of hydrogen-bond donors (Lipinski definition) is 1. The van der Waals surface area contributed by atoms with Crippen LogP contribution >= 0.6 is 0 Å². The minimum atomic E-state index is -1.13. The number of fused-ring (bicyclic) bond motifs is 3. The number of nitrogens with one attached hydrogen (secondary N) is 1. The normalized spacial score (nSPS) is 24.3. The van der Waals surface area contributed by atoms with Crippen molar-refractivity contribution in [2.45, 2.75) is 64.2 Å². The predicted molar refractivity (Wildman–Crippen MR) is 132 cm³/mol. The Balaban J connectivity index is 1.61. The molecule has 0 radical (unpaired) electrons. The average molecular weight is 480 g/mol. The van der Waals surface area contributed by atoms with Crippen LogP contribution in [0, 0.1) is 5.92 Å². The number of amides is 2. The molecule has 3 aromatic rings. The quantitative estimate of drug-likeness (QED) is 0.568. The summed E-state index contributed by atoms with van der Waals surface area (Å²) in [6.45, 7) is 4.52. The van der Waals surface area contributed by atoms with Gasteiger partial charge in [0.15, 0.2) is 0 Å². The third kappa shape index (κ3) is 3.85. The molecule has 5 rings (SSSR count). The molecule has 0 unspecified atom stereocenters. The molecule has 186 valence electrons. The van der Waals surface area contributed by atoms with Gasteiger partial charge in [0.05, 0.1) is 39.1 Å². The Bertz CT molecular complexity index is 1250. The van der Waals surface area contributed by atoms with Gasteiger partial charge in [0, 0.05) is 11.4 Å². The van der Waals surface area contributed by atoms with Gasteiger partial charge in [-0.1, -0.05) is 19.8 Å². The first-order valence-electron chi connectivity index (χ1n) is 12.3. The fraction of sp³-hybridized carbons (Fsp3) is 0.481. The van der Waals surface area contributed by atoms with E-state index in [1.165, 1.54) is 6.42 Å². The minimum Gasteiger partial charge on any atom is -0.496 e. The molecule has 35 heavy (non-hydrogen) atoms. The van der Waals surface area contributed by atoms with Crippen molar-refractivity contribution in [1.82, 2.24) is 14.8 Å². The van der Waals surface area contributed by atoms with E-state index in [1.54, 1.807) is 31.4 Å². The fourth-order valence-electron chi connectivity index (χ4n) is 5.62. The van der Waals surface area contributed by atoms with Crippen molar-refractivity contribution < 1.29 is 23.5 Å². The first-order chi connectivity index (χ1) is 16.9. The van der Waals surface area contributed by atoms with Gasteiger partial charge >= 0.3 is 0 Å². The second-order valence-electron chi connectivity index (χ2n) is 9.93. The van der Waals surface area contributed by atoms with Gasteiger partial charge in [0.2, 0.25) is 5.91 Å². The second kappa shape index (κ2) is 8.98. The number of benzene rings is 1. The Kier molecular flexibility index (Phi) is 5.99. The topological polar surface area (TPSA) is 85.9 Å². The van der Waals surface area contributed by atoms with Crippen molar-refractivity contribution in [3.63, 3.8) is 0 Å². The average Bonchev–Trinajstić information content (AvgIpc) is 3.51. The van der Waals surface area contributed by atoms with Crippen LogP contribution in [0.15, 0.2) is 41.0 Å². The first kappa shape index (κ1) is 23.3. The molecule has 0 saturated heterocycles. The molecule has 2 aliphatic rings. The molecule has 1 saturated carbocycles. The number of carbonyl (C=O) groups excluding carboxylic acids is 2. The van der Waals surface area contributed by atoms with E-state index in [-0.39, 0.29) is 30.9 Å². The molecule has 8 heteroatoms. The SMILES string of the molecule is COc1ccc(OC)c2c1cc1n2C[C@](C)(C(=O)N[C@H]2CCCC[C@H]2C)N(Cc2ccco2)C1=O. The maximum Gasteiger partial charge on any atom is 0.271 e. The Morgan fingerprint density at radius 2 is 1.91 bits per heavy atom. The van der Waals surface area contributed by atoms with Gasteiger partial charge in [0.25, 0.3) is 5.91 Å². The number of hydrogen-bond acceptors (Lipinski definition) is 5. The number of rotatable bonds is 6. The van der Waals surface area contributed by atoms with Crippen LogP contribution in [-0.2, 0) is 17.9 Å². The van der Waals surface area contributed by atoms with Gasteiger partial charge in [-0.25, -0.2) is 0 Å². The molecule has 1 aromatic carbocycles. The molecule has 2 aromatic heterocycles. The molecule has 1 aliphatic carbocycles. The Morgan fingerprint density at radius 3 is 2.60 bits per heavy atom. The second-order valence-corrected chi connectivity index (χ2v) is 9.93. The maximum atomic E-state index is 14.0. The first-order valence-corrected chi connectivity index (χ1v) is 12.3. The number of furan rings is 1. The summed E-state index contributed by atoms with van der Waals surface area (Å²) in [5, 5.41) is 4.08. The van der Waals surface area contributed by atoms with Crippen LogP contribution < -0.4 is 14.8 Å². The number of nitrogens with zero attached hydrogens (tertiary/aromatic N) is 2. The standard InChI is InChI=1S/C27H33N3O5/c1-17-8-5-6-10-20(17)28-26(32)27(2)16-29-21(25(31)30(27)15-18-9-7-13-35-18)14-19-22(33-3)11-12-23(34-4)24(19)29/h7,9,11-14,17,20H,5-6,8,10,15-16H2,1-4H3,(H,28,32)/t17-,20+,27-/m1/s1. The van der Waals surface area contributed by atoms with Crippen molar-refractivity contribution >= 4 is 22.7 Å². The Hall–Kier alpha value is -3.42. The zero-order valence-electron chi connectivity index (χ0n) is 20.8. The van der Waals surface area contributed by atoms with E-state index in [9.17, 15) is 9.59 Å². The number of aromatic nitrogens is 1. The summed E-state index contributed by atoms with van der Waals surface area (Å²) in [4.78, 5) is 29.6. The van der Waals surface area contributed by atoms with Crippen LogP contribution in [0.3, 0.4) is 0 Å². The third-order valence-electron chi connectivity index (χ3n) is 7.76. The van der Waals surface area contributed by atoms with Crippen molar-refractivity contribution in [3.05, 3.63) is 48.0 Å². The highest BCUT2D eigenvalue weighted by molar-refractivity contribution is 6.05. The summed E-state index contributed by atoms with van der Waals surface area (Å²) in [5.74, 6) is 1.93. The molecule has 1 fully saturated rings. The van der Waals surface area contributed by atoms with Gasteiger partial charge in [-0.2, -0.15) is 0 Å². The van der Waals surface area contributed by atoms with Crippen molar-refractivity contribution in [1.29, 1.82) is 0 Å². The summed E-state index contributed by atoms with van der Waals surface area (Å²) in [6, 6.07) is 9.20. The van der Waals surface area contributed by atoms with Gasteiger partial charge in [-0.3, -0.25) is 9.59 Å². The molecule has 8 nitrogen and oxygen atoms in total. The lowest BCUT2D eigenvalue weighted by Gasteiger charge is -2.45.